The molecule has 3 unspecified atom stereocenters. The zero-order valence-corrected chi connectivity index (χ0v) is 24.1. The highest BCUT2D eigenvalue weighted by molar-refractivity contribution is 7.44. The number of hydrogen-bond acceptors (Lipinski definition) is 2. The van der Waals surface area contributed by atoms with Crippen LogP contribution in [0.2, 0.25) is 5.02 Å². The number of benzene rings is 1. The Bertz CT molecular complexity index is 1080. The summed E-state index contributed by atoms with van der Waals surface area (Å²) in [6.45, 7) is 21.7. The third-order valence-corrected chi connectivity index (χ3v) is 8.54. The van der Waals surface area contributed by atoms with Gasteiger partial charge in [0.25, 0.3) is 0 Å². The Balaban J connectivity index is 0.000000945. The largest absolute Gasteiger partial charge is 0.236 e. The van der Waals surface area contributed by atoms with Crippen LogP contribution in [0.15, 0.2) is 83.1 Å². The van der Waals surface area contributed by atoms with E-state index in [1.54, 1.807) is 11.3 Å². The monoisotopic (exact) mass is 511 g/mol. The van der Waals surface area contributed by atoms with Gasteiger partial charge < -0.3 is 0 Å². The molecular formula is C30H39ClNPS. The maximum atomic E-state index is 6.40. The molecule has 1 aliphatic rings. The Morgan fingerprint density at radius 2 is 1.91 bits per heavy atom. The lowest BCUT2D eigenvalue weighted by molar-refractivity contribution is 0.711. The van der Waals surface area contributed by atoms with Crippen LogP contribution in [0.5, 0.6) is 0 Å². The second-order valence-electron chi connectivity index (χ2n) is 8.83. The number of thiazole rings is 1. The van der Waals surface area contributed by atoms with Gasteiger partial charge in [0, 0.05) is 16.9 Å². The molecule has 0 radical (unpaired) electrons. The van der Waals surface area contributed by atoms with Crippen molar-refractivity contribution in [2.75, 3.05) is 0 Å². The number of unbranched alkanes of at least 4 members (excludes halogenated alkanes) is 1. The fourth-order valence-corrected chi connectivity index (χ4v) is 6.56. The van der Waals surface area contributed by atoms with E-state index in [9.17, 15) is 0 Å². The van der Waals surface area contributed by atoms with Gasteiger partial charge in [-0.2, -0.15) is 0 Å². The van der Waals surface area contributed by atoms with E-state index in [0.717, 1.165) is 35.4 Å². The average molecular weight is 512 g/mol. The van der Waals surface area contributed by atoms with Crippen molar-refractivity contribution in [3.63, 3.8) is 0 Å². The normalized spacial score (nSPS) is 16.7. The molecule has 1 aromatic carbocycles. The molecule has 4 heteroatoms. The molecule has 2 aromatic rings. The average Bonchev–Trinajstić information content (AvgIpc) is 3.42. The van der Waals surface area contributed by atoms with E-state index in [4.69, 9.17) is 16.6 Å². The highest BCUT2D eigenvalue weighted by Gasteiger charge is 2.29. The van der Waals surface area contributed by atoms with E-state index in [1.807, 2.05) is 50.3 Å². The van der Waals surface area contributed by atoms with Crippen LogP contribution in [0.4, 0.5) is 0 Å². The minimum atomic E-state index is 0.202. The highest BCUT2D eigenvalue weighted by Crippen LogP contribution is 2.48. The molecule has 1 aliphatic carbocycles. The number of aromatic nitrogens is 1. The molecule has 182 valence electrons. The van der Waals surface area contributed by atoms with Crippen molar-refractivity contribution in [3.05, 3.63) is 93.8 Å². The summed E-state index contributed by atoms with van der Waals surface area (Å²) in [5, 5.41) is 5.10. The van der Waals surface area contributed by atoms with E-state index >= 15 is 0 Å². The van der Waals surface area contributed by atoms with Gasteiger partial charge >= 0.3 is 0 Å². The summed E-state index contributed by atoms with van der Waals surface area (Å²) in [5.74, 6) is 0.202. The zero-order chi connectivity index (χ0) is 25.3. The second kappa shape index (κ2) is 14.0. The standard InChI is InChI=1S/C26H31ClNPS.C4H8/c1-7-8-11-17(4)29-19(6)21-14-22(25(16(2)3)18(21)5)24-15-30-26(28-24)20-12-9-10-13-23(20)27;1-3-4-2/h9-10,12-15,17,25,29H,2,6-8,11H2,1,3-5H3;3-4H,1-2H3/b;4-3-. The minimum absolute atomic E-state index is 0.202. The third kappa shape index (κ3) is 7.38. The van der Waals surface area contributed by atoms with Crippen molar-refractivity contribution < 1.29 is 0 Å². The molecule has 3 rings (SSSR count). The minimum Gasteiger partial charge on any atom is -0.236 e. The van der Waals surface area contributed by atoms with E-state index in [2.05, 4.69) is 52.3 Å². The first-order valence-corrected chi connectivity index (χ1v) is 14.4. The van der Waals surface area contributed by atoms with Crippen molar-refractivity contribution in [2.24, 2.45) is 5.92 Å². The number of allylic oxidation sites excluding steroid dienone is 8. The van der Waals surface area contributed by atoms with E-state index < -0.39 is 0 Å². The van der Waals surface area contributed by atoms with Crippen LogP contribution in [0.1, 0.15) is 66.5 Å². The van der Waals surface area contributed by atoms with Gasteiger partial charge in [-0.1, -0.05) is 102 Å². The van der Waals surface area contributed by atoms with Gasteiger partial charge in [0.1, 0.15) is 5.01 Å². The summed E-state index contributed by atoms with van der Waals surface area (Å²) < 4.78 is 0. The van der Waals surface area contributed by atoms with Crippen molar-refractivity contribution in [1.29, 1.82) is 0 Å². The summed E-state index contributed by atoms with van der Waals surface area (Å²) in [6.07, 6.45) is 10.1. The molecule has 0 saturated carbocycles. The molecule has 1 heterocycles. The number of halogens is 1. The first kappa shape index (κ1) is 28.5. The molecule has 1 nitrogen and oxygen atoms in total. The molecule has 3 atom stereocenters. The van der Waals surface area contributed by atoms with Gasteiger partial charge in [-0.15, -0.1) is 11.3 Å². The van der Waals surface area contributed by atoms with Gasteiger partial charge in [0.05, 0.1) is 10.7 Å². The predicted molar refractivity (Wildman–Crippen MR) is 158 cm³/mol. The second-order valence-corrected chi connectivity index (χ2v) is 12.0. The van der Waals surface area contributed by atoms with Gasteiger partial charge in [-0.3, -0.25) is 0 Å². The predicted octanol–water partition coefficient (Wildman–Crippen LogP) is 10.7. The lowest BCUT2D eigenvalue weighted by atomic mass is 9.89. The SMILES string of the molecule is C/C=C\C.C=C(PC(C)CCCC)C1=C(C)C(C(=C)C)C(c2csc(-c3ccccc3Cl)n2)=C1. The molecule has 0 bridgehead atoms. The van der Waals surface area contributed by atoms with E-state index in [-0.39, 0.29) is 5.92 Å². The molecule has 0 aliphatic heterocycles. The quantitative estimate of drug-likeness (QED) is 0.241. The Morgan fingerprint density at radius 1 is 1.24 bits per heavy atom. The molecule has 0 N–H and O–H groups in total. The summed E-state index contributed by atoms with van der Waals surface area (Å²) >= 11 is 8.04. The first-order chi connectivity index (χ1) is 16.2. The lowest BCUT2D eigenvalue weighted by Gasteiger charge is -2.17. The fraction of sp³-hybridized carbons (Fsp3) is 0.367. The molecule has 34 heavy (non-hydrogen) atoms. The fourth-order valence-electron chi connectivity index (χ4n) is 4.05. The van der Waals surface area contributed by atoms with Crippen molar-refractivity contribution >= 4 is 37.1 Å². The van der Waals surface area contributed by atoms with Gasteiger partial charge in [0.2, 0.25) is 0 Å². The van der Waals surface area contributed by atoms with Gasteiger partial charge in [-0.25, -0.2) is 4.98 Å². The van der Waals surface area contributed by atoms with Crippen LogP contribution < -0.4 is 0 Å². The van der Waals surface area contributed by atoms with Crippen molar-refractivity contribution in [1.82, 2.24) is 4.98 Å². The van der Waals surface area contributed by atoms with Crippen LogP contribution in [-0.4, -0.2) is 10.6 Å². The zero-order valence-electron chi connectivity index (χ0n) is 21.5. The van der Waals surface area contributed by atoms with E-state index in [1.165, 1.54) is 41.3 Å². The molecule has 1 aromatic heterocycles. The van der Waals surface area contributed by atoms with Gasteiger partial charge in [-0.05, 0) is 68.4 Å². The highest BCUT2D eigenvalue weighted by atomic mass is 35.5. The van der Waals surface area contributed by atoms with Gasteiger partial charge in [0.15, 0.2) is 0 Å². The molecule has 0 spiro atoms. The Kier molecular flexibility index (Phi) is 11.7. The Morgan fingerprint density at radius 3 is 2.50 bits per heavy atom. The first-order valence-electron chi connectivity index (χ1n) is 12.1. The Hall–Kier alpha value is -1.73. The molecule has 0 fully saturated rings. The van der Waals surface area contributed by atoms with Crippen molar-refractivity contribution in [3.8, 4) is 10.6 Å². The summed E-state index contributed by atoms with van der Waals surface area (Å²) in [5.41, 5.74) is 7.73. The summed E-state index contributed by atoms with van der Waals surface area (Å²) in [6, 6.07) is 7.89. The Labute approximate surface area is 218 Å². The molecular weight excluding hydrogens is 473 g/mol. The topological polar surface area (TPSA) is 12.9 Å². The van der Waals surface area contributed by atoms with Crippen LogP contribution in [-0.2, 0) is 0 Å². The molecule has 0 saturated heterocycles. The van der Waals surface area contributed by atoms with E-state index in [0.29, 0.717) is 5.66 Å². The third-order valence-electron chi connectivity index (χ3n) is 5.94. The smallest absolute Gasteiger partial charge is 0.125 e. The number of rotatable bonds is 9. The van der Waals surface area contributed by atoms with Crippen LogP contribution >= 0.6 is 31.5 Å². The number of nitrogens with zero attached hydrogens (tertiary/aromatic N) is 1. The number of hydrogen-bond donors (Lipinski definition) is 0. The van der Waals surface area contributed by atoms with Crippen molar-refractivity contribution in [2.45, 2.75) is 66.5 Å². The summed E-state index contributed by atoms with van der Waals surface area (Å²) in [7, 11) is 0.759. The molecule has 0 amide bonds. The van der Waals surface area contributed by atoms with Crippen LogP contribution in [0, 0.1) is 5.92 Å². The lowest BCUT2D eigenvalue weighted by Crippen LogP contribution is -2.04. The summed E-state index contributed by atoms with van der Waals surface area (Å²) in [4.78, 5) is 4.96. The van der Waals surface area contributed by atoms with Crippen LogP contribution in [0.25, 0.3) is 16.1 Å². The maximum Gasteiger partial charge on any atom is 0.125 e. The maximum absolute atomic E-state index is 6.40. The van der Waals surface area contributed by atoms with Crippen LogP contribution in [0.3, 0.4) is 0 Å².